The molecule has 0 saturated heterocycles. The van der Waals surface area contributed by atoms with Crippen molar-refractivity contribution in [2.45, 2.75) is 69.0 Å². The lowest BCUT2D eigenvalue weighted by Crippen LogP contribution is -2.51. The van der Waals surface area contributed by atoms with Crippen molar-refractivity contribution >= 4 is 35.2 Å². The molecule has 0 spiro atoms. The van der Waals surface area contributed by atoms with Gasteiger partial charge in [-0.05, 0) is 61.2 Å². The van der Waals surface area contributed by atoms with Crippen molar-refractivity contribution in [3.63, 3.8) is 0 Å². The molecule has 2 aromatic carbocycles. The van der Waals surface area contributed by atoms with Crippen LogP contribution < -0.4 is 5.32 Å². The highest BCUT2D eigenvalue weighted by Crippen LogP contribution is 2.23. The molecule has 172 valence electrons. The van der Waals surface area contributed by atoms with Gasteiger partial charge >= 0.3 is 0 Å². The molecule has 1 aliphatic rings. The van der Waals surface area contributed by atoms with Gasteiger partial charge in [0.25, 0.3) is 0 Å². The van der Waals surface area contributed by atoms with Crippen molar-refractivity contribution in [1.29, 1.82) is 0 Å². The van der Waals surface area contributed by atoms with E-state index in [4.69, 9.17) is 11.6 Å². The van der Waals surface area contributed by atoms with E-state index < -0.39 is 6.04 Å². The Morgan fingerprint density at radius 3 is 2.41 bits per heavy atom. The summed E-state index contributed by atoms with van der Waals surface area (Å²) in [4.78, 5) is 29.0. The van der Waals surface area contributed by atoms with Crippen LogP contribution in [0, 0.1) is 5.82 Å². The maximum Gasteiger partial charge on any atom is 0.243 e. The van der Waals surface area contributed by atoms with Gasteiger partial charge in [0.15, 0.2) is 0 Å². The van der Waals surface area contributed by atoms with Crippen molar-refractivity contribution in [3.05, 3.63) is 64.9 Å². The van der Waals surface area contributed by atoms with E-state index in [1.165, 1.54) is 12.1 Å². The van der Waals surface area contributed by atoms with Crippen molar-refractivity contribution in [2.75, 3.05) is 5.75 Å². The first-order valence-corrected chi connectivity index (χ1v) is 12.5. The number of hydrogen-bond acceptors (Lipinski definition) is 3. The van der Waals surface area contributed by atoms with Crippen LogP contribution in [0.4, 0.5) is 4.39 Å². The minimum absolute atomic E-state index is 0.0794. The van der Waals surface area contributed by atoms with Gasteiger partial charge in [-0.25, -0.2) is 4.39 Å². The quantitative estimate of drug-likeness (QED) is 0.439. The summed E-state index contributed by atoms with van der Waals surface area (Å²) in [5.74, 6) is 0.0996. The lowest BCUT2D eigenvalue weighted by Gasteiger charge is -2.31. The number of hydrogen-bond donors (Lipinski definition) is 1. The highest BCUT2D eigenvalue weighted by atomic mass is 35.5. The fraction of sp³-hybridized carbons (Fsp3) is 0.440. The van der Waals surface area contributed by atoms with E-state index in [1.807, 2.05) is 31.2 Å². The normalized spacial score (nSPS) is 14.8. The largest absolute Gasteiger partial charge is 0.352 e. The van der Waals surface area contributed by atoms with Gasteiger partial charge in [-0.15, -0.1) is 11.8 Å². The molecule has 32 heavy (non-hydrogen) atoms. The van der Waals surface area contributed by atoms with E-state index in [1.54, 1.807) is 28.8 Å². The number of thioether (sulfide) groups is 1. The van der Waals surface area contributed by atoms with Crippen LogP contribution in [0.5, 0.6) is 0 Å². The molecule has 0 heterocycles. The van der Waals surface area contributed by atoms with Crippen LogP contribution in [0.15, 0.2) is 53.4 Å². The predicted molar refractivity (Wildman–Crippen MR) is 128 cm³/mol. The molecule has 1 fully saturated rings. The molecule has 1 saturated carbocycles. The number of carbonyl (C=O) groups is 2. The van der Waals surface area contributed by atoms with Crippen LogP contribution in [-0.4, -0.2) is 34.6 Å². The summed E-state index contributed by atoms with van der Waals surface area (Å²) in [6, 6.07) is 13.3. The topological polar surface area (TPSA) is 49.4 Å². The number of nitrogens with zero attached hydrogens (tertiary/aromatic N) is 1. The number of carbonyl (C=O) groups excluding carboxylic acids is 2. The minimum atomic E-state index is -0.548. The van der Waals surface area contributed by atoms with Gasteiger partial charge in [-0.3, -0.25) is 9.59 Å². The van der Waals surface area contributed by atoms with E-state index >= 15 is 0 Å². The highest BCUT2D eigenvalue weighted by Gasteiger charge is 2.30. The molecule has 3 rings (SSSR count). The second-order valence-corrected chi connectivity index (χ2v) is 9.72. The summed E-state index contributed by atoms with van der Waals surface area (Å²) in [6.45, 7) is 2.20. The molecule has 0 aromatic heterocycles. The molecule has 0 bridgehead atoms. The average Bonchev–Trinajstić information content (AvgIpc) is 3.29. The van der Waals surface area contributed by atoms with Gasteiger partial charge in [0, 0.05) is 34.7 Å². The van der Waals surface area contributed by atoms with Crippen LogP contribution in [0.3, 0.4) is 0 Å². The standard InChI is InChI=1S/C25H30ClFN2O2S/c1-2-23(25(31)28-21-5-3-4-6-21)29(17-18-7-11-20(27)12-8-18)24(30)15-16-32-22-13-9-19(26)10-14-22/h7-14,21,23H,2-6,15-17H2,1H3,(H,28,31)/t23-/m0/s1. The van der Waals surface area contributed by atoms with Crippen LogP contribution in [0.1, 0.15) is 51.0 Å². The molecule has 0 unspecified atom stereocenters. The fourth-order valence-electron chi connectivity index (χ4n) is 4.00. The van der Waals surface area contributed by atoms with Crippen molar-refractivity contribution in [2.24, 2.45) is 0 Å². The Kier molecular flexibility index (Phi) is 9.42. The van der Waals surface area contributed by atoms with Crippen molar-refractivity contribution in [1.82, 2.24) is 10.2 Å². The van der Waals surface area contributed by atoms with E-state index in [-0.39, 0.29) is 30.2 Å². The Morgan fingerprint density at radius 2 is 1.78 bits per heavy atom. The van der Waals surface area contributed by atoms with Gasteiger partial charge < -0.3 is 10.2 Å². The molecule has 4 nitrogen and oxygen atoms in total. The fourth-order valence-corrected chi connectivity index (χ4v) is 4.97. The first-order chi connectivity index (χ1) is 15.5. The zero-order valence-electron chi connectivity index (χ0n) is 18.4. The Morgan fingerprint density at radius 1 is 1.12 bits per heavy atom. The number of benzene rings is 2. The average molecular weight is 477 g/mol. The number of amides is 2. The summed E-state index contributed by atoms with van der Waals surface area (Å²) in [5.41, 5.74) is 0.803. The highest BCUT2D eigenvalue weighted by molar-refractivity contribution is 7.99. The molecule has 1 aliphatic carbocycles. The molecular formula is C25H30ClFN2O2S. The monoisotopic (exact) mass is 476 g/mol. The second kappa shape index (κ2) is 12.3. The lowest BCUT2D eigenvalue weighted by atomic mass is 10.1. The number of nitrogens with one attached hydrogen (secondary N) is 1. The van der Waals surface area contributed by atoms with E-state index in [2.05, 4.69) is 5.32 Å². The SMILES string of the molecule is CC[C@@H](C(=O)NC1CCCC1)N(Cc1ccc(F)cc1)C(=O)CCSc1ccc(Cl)cc1. The Labute approximate surface area is 198 Å². The predicted octanol–water partition coefficient (Wildman–Crippen LogP) is 5.83. The Hall–Kier alpha value is -2.05. The van der Waals surface area contributed by atoms with Gasteiger partial charge in [0.1, 0.15) is 11.9 Å². The number of rotatable bonds is 10. The van der Waals surface area contributed by atoms with Gasteiger partial charge in [-0.2, -0.15) is 0 Å². The maximum absolute atomic E-state index is 13.4. The van der Waals surface area contributed by atoms with Gasteiger partial charge in [0.05, 0.1) is 0 Å². The Bertz CT molecular complexity index is 886. The molecule has 2 amide bonds. The van der Waals surface area contributed by atoms with Crippen LogP contribution in [-0.2, 0) is 16.1 Å². The summed E-state index contributed by atoms with van der Waals surface area (Å²) >= 11 is 7.52. The maximum atomic E-state index is 13.4. The third-order valence-corrected chi connectivity index (χ3v) is 7.02. The molecule has 0 aliphatic heterocycles. The summed E-state index contributed by atoms with van der Waals surface area (Å²) in [6.07, 6.45) is 5.07. The summed E-state index contributed by atoms with van der Waals surface area (Å²) < 4.78 is 13.4. The zero-order valence-corrected chi connectivity index (χ0v) is 19.9. The summed E-state index contributed by atoms with van der Waals surface area (Å²) in [7, 11) is 0. The minimum Gasteiger partial charge on any atom is -0.352 e. The molecule has 1 N–H and O–H groups in total. The third-order valence-electron chi connectivity index (χ3n) is 5.75. The van der Waals surface area contributed by atoms with Crippen molar-refractivity contribution < 1.29 is 14.0 Å². The molecule has 7 heteroatoms. The smallest absolute Gasteiger partial charge is 0.243 e. The molecular weight excluding hydrogens is 447 g/mol. The molecule has 2 aromatic rings. The second-order valence-electron chi connectivity index (χ2n) is 8.11. The zero-order chi connectivity index (χ0) is 22.9. The van der Waals surface area contributed by atoms with Crippen molar-refractivity contribution in [3.8, 4) is 0 Å². The lowest BCUT2D eigenvalue weighted by molar-refractivity contribution is -0.141. The molecule has 1 atom stereocenters. The van der Waals surface area contributed by atoms with Crippen LogP contribution in [0.2, 0.25) is 5.02 Å². The third kappa shape index (κ3) is 7.24. The van der Waals surface area contributed by atoms with E-state index in [0.717, 1.165) is 36.1 Å². The van der Waals surface area contributed by atoms with E-state index in [9.17, 15) is 14.0 Å². The summed E-state index contributed by atoms with van der Waals surface area (Å²) in [5, 5.41) is 3.81. The van der Waals surface area contributed by atoms with Gasteiger partial charge in [-0.1, -0.05) is 43.5 Å². The van der Waals surface area contributed by atoms with Gasteiger partial charge in [0.2, 0.25) is 11.8 Å². The number of halogens is 2. The molecule has 0 radical (unpaired) electrons. The Balaban J connectivity index is 1.68. The van der Waals surface area contributed by atoms with Crippen LogP contribution >= 0.6 is 23.4 Å². The first kappa shape index (κ1) is 24.6. The van der Waals surface area contributed by atoms with E-state index in [0.29, 0.717) is 23.6 Å². The first-order valence-electron chi connectivity index (χ1n) is 11.2. The van der Waals surface area contributed by atoms with Crippen LogP contribution in [0.25, 0.3) is 0 Å².